The first-order valence-electron chi connectivity index (χ1n) is 15.5. The molecule has 0 spiro atoms. The van der Waals surface area contributed by atoms with Gasteiger partial charge in [-0.05, 0) is 40.1 Å². The zero-order valence-corrected chi connectivity index (χ0v) is 25.2. The fourth-order valence-electron chi connectivity index (χ4n) is 6.22. The first-order chi connectivity index (χ1) is 23.3. The molecule has 0 N–H and O–H groups in total. The number of nitrogens with zero attached hydrogens (tertiary/aromatic N) is 4. The monoisotopic (exact) mass is 602 g/mol. The lowest BCUT2D eigenvalue weighted by Gasteiger charge is -2.11. The topological polar surface area (TPSA) is 64.7 Å². The third-order valence-electron chi connectivity index (χ3n) is 8.59. The molecule has 3 aromatic heterocycles. The van der Waals surface area contributed by atoms with Gasteiger partial charge < -0.3 is 4.42 Å². The van der Waals surface area contributed by atoms with Crippen molar-refractivity contribution in [2.75, 3.05) is 0 Å². The van der Waals surface area contributed by atoms with Crippen LogP contribution < -0.4 is 0 Å². The number of fused-ring (bicyclic) bond motifs is 4. The number of hydrogen-bond donors (Lipinski definition) is 0. The van der Waals surface area contributed by atoms with Gasteiger partial charge in [0, 0.05) is 33.0 Å². The quantitative estimate of drug-likeness (QED) is 0.196. The highest BCUT2D eigenvalue weighted by Crippen LogP contribution is 2.35. The maximum absolute atomic E-state index is 5.99. The van der Waals surface area contributed by atoms with E-state index in [4.69, 9.17) is 24.4 Å². The van der Waals surface area contributed by atoms with E-state index in [9.17, 15) is 0 Å². The van der Waals surface area contributed by atoms with Crippen LogP contribution in [0.2, 0.25) is 0 Å². The Balaban J connectivity index is 1.08. The van der Waals surface area contributed by atoms with Crippen molar-refractivity contribution in [1.29, 1.82) is 0 Å². The Morgan fingerprint density at radius 2 is 0.979 bits per heavy atom. The predicted molar refractivity (Wildman–Crippen MR) is 190 cm³/mol. The maximum atomic E-state index is 5.99. The van der Waals surface area contributed by atoms with Gasteiger partial charge in [-0.25, -0.2) is 15.0 Å². The van der Waals surface area contributed by atoms with Gasteiger partial charge in [-0.2, -0.15) is 0 Å². The summed E-state index contributed by atoms with van der Waals surface area (Å²) >= 11 is 0. The van der Waals surface area contributed by atoms with E-state index >= 15 is 0 Å². The summed E-state index contributed by atoms with van der Waals surface area (Å²) < 4.78 is 5.99. The minimum atomic E-state index is 0.640. The molecule has 0 radical (unpaired) electrons. The minimum Gasteiger partial charge on any atom is -0.454 e. The van der Waals surface area contributed by atoms with Gasteiger partial charge in [0.1, 0.15) is 5.58 Å². The Kier molecular flexibility index (Phi) is 6.39. The number of rotatable bonds is 5. The minimum absolute atomic E-state index is 0.640. The third-order valence-corrected chi connectivity index (χ3v) is 8.59. The number of pyridine rings is 1. The summed E-state index contributed by atoms with van der Waals surface area (Å²) in [5.41, 5.74) is 8.78. The number of para-hydroxylation sites is 1. The second kappa shape index (κ2) is 11.2. The van der Waals surface area contributed by atoms with Crippen LogP contribution in [-0.4, -0.2) is 19.9 Å². The van der Waals surface area contributed by atoms with Gasteiger partial charge in [-0.3, -0.25) is 4.98 Å². The van der Waals surface area contributed by atoms with E-state index in [1.54, 1.807) is 0 Å². The van der Waals surface area contributed by atoms with Crippen LogP contribution in [0.1, 0.15) is 0 Å². The third kappa shape index (κ3) is 4.91. The smallest absolute Gasteiger partial charge is 0.164 e. The first kappa shape index (κ1) is 26.9. The van der Waals surface area contributed by atoms with Crippen LogP contribution in [-0.2, 0) is 0 Å². The molecule has 0 bridgehead atoms. The summed E-state index contributed by atoms with van der Waals surface area (Å²) in [6.45, 7) is 0. The Bertz CT molecular complexity index is 2500. The molecule has 0 aliphatic rings. The van der Waals surface area contributed by atoms with Crippen molar-refractivity contribution in [3.05, 3.63) is 158 Å². The number of hydrogen-bond acceptors (Lipinski definition) is 5. The van der Waals surface area contributed by atoms with Crippen molar-refractivity contribution < 1.29 is 4.42 Å². The molecule has 3 heterocycles. The molecule has 0 unspecified atom stereocenters. The Hall–Kier alpha value is -6.46. The van der Waals surface area contributed by atoms with Crippen molar-refractivity contribution in [1.82, 2.24) is 19.9 Å². The largest absolute Gasteiger partial charge is 0.454 e. The summed E-state index contributed by atoms with van der Waals surface area (Å²) in [6, 6.07) is 51.8. The van der Waals surface area contributed by atoms with Gasteiger partial charge in [0.25, 0.3) is 0 Å². The molecule has 220 valence electrons. The lowest BCUT2D eigenvalue weighted by molar-refractivity contribution is 0.667. The fourth-order valence-corrected chi connectivity index (χ4v) is 6.22. The molecule has 9 rings (SSSR count). The number of furan rings is 1. The lowest BCUT2D eigenvalue weighted by atomic mass is 9.95. The Morgan fingerprint density at radius 1 is 0.383 bits per heavy atom. The van der Waals surface area contributed by atoms with Gasteiger partial charge >= 0.3 is 0 Å². The molecule has 0 aliphatic heterocycles. The highest BCUT2D eigenvalue weighted by molar-refractivity contribution is 6.06. The SMILES string of the molecule is c1ccc(-c2nc(-c3ccccc3)nc(-c3ccc(-c4cccc5cc(-c6cc7c(cn6)oc6ccccc67)ccc45)cc3)n2)cc1. The molecule has 0 fully saturated rings. The lowest BCUT2D eigenvalue weighted by Crippen LogP contribution is -2.00. The molecule has 0 atom stereocenters. The van der Waals surface area contributed by atoms with Crippen molar-refractivity contribution in [3.8, 4) is 56.5 Å². The van der Waals surface area contributed by atoms with Crippen molar-refractivity contribution in [3.63, 3.8) is 0 Å². The molecule has 0 saturated heterocycles. The van der Waals surface area contributed by atoms with Crippen LogP contribution in [0.4, 0.5) is 0 Å². The van der Waals surface area contributed by atoms with E-state index in [2.05, 4.69) is 72.8 Å². The summed E-state index contributed by atoms with van der Waals surface area (Å²) in [5.74, 6) is 1.94. The highest BCUT2D eigenvalue weighted by Gasteiger charge is 2.14. The molecule has 47 heavy (non-hydrogen) atoms. The van der Waals surface area contributed by atoms with E-state index in [0.29, 0.717) is 17.5 Å². The molecule has 5 heteroatoms. The van der Waals surface area contributed by atoms with E-state index < -0.39 is 0 Å². The van der Waals surface area contributed by atoms with Gasteiger partial charge in [-0.1, -0.05) is 133 Å². The molecule has 0 aliphatic carbocycles. The van der Waals surface area contributed by atoms with Gasteiger partial charge in [0.2, 0.25) is 0 Å². The zero-order valence-electron chi connectivity index (χ0n) is 25.2. The van der Waals surface area contributed by atoms with E-state index in [1.165, 1.54) is 5.39 Å². The highest BCUT2D eigenvalue weighted by atomic mass is 16.3. The average Bonchev–Trinajstić information content (AvgIpc) is 3.53. The van der Waals surface area contributed by atoms with E-state index in [0.717, 1.165) is 66.4 Å². The molecule has 5 nitrogen and oxygen atoms in total. The predicted octanol–water partition coefficient (Wildman–Crippen LogP) is 10.7. The van der Waals surface area contributed by atoms with Gasteiger partial charge in [0.15, 0.2) is 23.1 Å². The Labute approximate surface area is 270 Å². The van der Waals surface area contributed by atoms with E-state index in [-0.39, 0.29) is 0 Å². The van der Waals surface area contributed by atoms with Crippen LogP contribution in [0.15, 0.2) is 162 Å². The van der Waals surface area contributed by atoms with Crippen LogP contribution in [0.25, 0.3) is 89.3 Å². The molecular formula is C42H26N4O. The number of aromatic nitrogens is 4. The second-order valence-electron chi connectivity index (χ2n) is 11.5. The van der Waals surface area contributed by atoms with Gasteiger partial charge in [0.05, 0.1) is 11.9 Å². The second-order valence-corrected chi connectivity index (χ2v) is 11.5. The van der Waals surface area contributed by atoms with Crippen molar-refractivity contribution in [2.24, 2.45) is 0 Å². The summed E-state index contributed by atoms with van der Waals surface area (Å²) in [7, 11) is 0. The summed E-state index contributed by atoms with van der Waals surface area (Å²) in [6.07, 6.45) is 1.82. The Morgan fingerprint density at radius 3 is 1.68 bits per heavy atom. The standard InChI is InChI=1S/C42H26N4O/c1-3-10-28(11-4-1)40-44-41(29-12-5-2-6-13-29)46-42(45-40)30-20-18-27(19-21-30)33-16-9-14-31-24-32(22-23-34(31)33)37-25-36-35-15-7-8-17-38(35)47-39(36)26-43-37/h1-26H. The first-order valence-corrected chi connectivity index (χ1v) is 15.5. The normalized spacial score (nSPS) is 11.4. The molecule has 6 aromatic carbocycles. The summed E-state index contributed by atoms with van der Waals surface area (Å²) in [4.78, 5) is 19.3. The fraction of sp³-hybridized carbons (Fsp3) is 0. The van der Waals surface area contributed by atoms with E-state index in [1.807, 2.05) is 85.1 Å². The summed E-state index contributed by atoms with van der Waals surface area (Å²) in [5, 5.41) is 4.50. The maximum Gasteiger partial charge on any atom is 0.164 e. The molecule has 9 aromatic rings. The van der Waals surface area contributed by atoms with Crippen LogP contribution in [0.5, 0.6) is 0 Å². The van der Waals surface area contributed by atoms with Crippen LogP contribution in [0.3, 0.4) is 0 Å². The van der Waals surface area contributed by atoms with Crippen molar-refractivity contribution in [2.45, 2.75) is 0 Å². The zero-order chi connectivity index (χ0) is 31.2. The number of benzene rings is 6. The van der Waals surface area contributed by atoms with Crippen molar-refractivity contribution >= 4 is 32.7 Å². The van der Waals surface area contributed by atoms with Crippen LogP contribution >= 0.6 is 0 Å². The molecule has 0 saturated carbocycles. The molecular weight excluding hydrogens is 576 g/mol. The van der Waals surface area contributed by atoms with Gasteiger partial charge in [-0.15, -0.1) is 0 Å². The molecule has 0 amide bonds. The average molecular weight is 603 g/mol. The van der Waals surface area contributed by atoms with Crippen LogP contribution in [0, 0.1) is 0 Å².